The molecule has 16 heteroatoms. The van der Waals surface area contributed by atoms with Gasteiger partial charge in [0.25, 0.3) is 11.8 Å². The van der Waals surface area contributed by atoms with Gasteiger partial charge in [0.2, 0.25) is 0 Å². The van der Waals surface area contributed by atoms with Crippen LogP contribution in [0.3, 0.4) is 0 Å². The topological polar surface area (TPSA) is 175 Å². The standard InChI is InChI=1S/C46H46N8O6S2/c1-25-29-21-35(31-23-47-41(49-31)33-17-11-19-53(33)43(55)37(51-45(57)59-3)27-13-7-5-8-14-27)62-40(29)26(2)30-22-36(61-39(25)30)32-24-48-42(50-32)34-18-12-20-54(34)44(56)38(52-46(58)60-4)28-15-9-6-10-16-28/h5-10,13-16,21-24,33-34,37-38H,11-12,17-20H2,1-4H3,(H,47,49)(H,48,50)(H,51,57)(H,52,58)/t33-,34-,37?,38?/m0/s1. The van der Waals surface area contributed by atoms with E-state index in [1.807, 2.05) is 73.1 Å². The number of nitrogens with zero attached hydrogens (tertiary/aromatic N) is 4. The Morgan fingerprint density at radius 1 is 0.661 bits per heavy atom. The van der Waals surface area contributed by atoms with Crippen molar-refractivity contribution < 1.29 is 28.7 Å². The number of nitrogens with one attached hydrogen (secondary N) is 4. The first-order valence-corrected chi connectivity index (χ1v) is 22.2. The highest BCUT2D eigenvalue weighted by Gasteiger charge is 2.39. The van der Waals surface area contributed by atoms with Crippen molar-refractivity contribution in [2.75, 3.05) is 27.3 Å². The molecule has 4 N–H and O–H groups in total. The van der Waals surface area contributed by atoms with E-state index in [0.717, 1.165) is 46.8 Å². The van der Waals surface area contributed by atoms with Gasteiger partial charge in [-0.05, 0) is 84.7 Å². The lowest BCUT2D eigenvalue weighted by molar-refractivity contribution is -0.135. The molecule has 9 rings (SSSR count). The molecule has 4 aromatic heterocycles. The number of aromatic nitrogens is 4. The van der Waals surface area contributed by atoms with Gasteiger partial charge in [0.15, 0.2) is 0 Å². The van der Waals surface area contributed by atoms with Crippen LogP contribution in [0, 0.1) is 13.8 Å². The highest BCUT2D eigenvalue weighted by molar-refractivity contribution is 7.24. The molecule has 0 saturated carbocycles. The molecule has 14 nitrogen and oxygen atoms in total. The van der Waals surface area contributed by atoms with Crippen molar-refractivity contribution in [1.29, 1.82) is 0 Å². The van der Waals surface area contributed by atoms with Gasteiger partial charge in [-0.2, -0.15) is 0 Å². The molecular formula is C46H46N8O6S2. The number of thiophene rings is 2. The van der Waals surface area contributed by atoms with Crippen LogP contribution in [0.1, 0.15) is 83.8 Å². The molecule has 2 fully saturated rings. The second-order valence-electron chi connectivity index (χ2n) is 15.7. The second kappa shape index (κ2) is 17.1. The highest BCUT2D eigenvalue weighted by Crippen LogP contribution is 2.46. The van der Waals surface area contributed by atoms with Crippen LogP contribution < -0.4 is 10.6 Å². The summed E-state index contributed by atoms with van der Waals surface area (Å²) in [7, 11) is 2.57. The average molecular weight is 871 g/mol. The molecule has 0 spiro atoms. The number of aromatic amines is 2. The van der Waals surface area contributed by atoms with Gasteiger partial charge in [0.1, 0.15) is 23.7 Å². The number of H-pyrrole nitrogens is 2. The number of rotatable bonds is 10. The van der Waals surface area contributed by atoms with Crippen LogP contribution in [0.15, 0.2) is 85.2 Å². The lowest BCUT2D eigenvalue weighted by Crippen LogP contribution is -2.42. The number of carbonyl (C=O) groups excluding carboxylic acids is 4. The molecule has 2 aliphatic rings. The van der Waals surface area contributed by atoms with Crippen LogP contribution >= 0.6 is 22.7 Å². The lowest BCUT2D eigenvalue weighted by atomic mass is 10.0. The summed E-state index contributed by atoms with van der Waals surface area (Å²) in [5, 5.41) is 7.82. The fourth-order valence-corrected chi connectivity index (χ4v) is 11.2. The second-order valence-corrected chi connectivity index (χ2v) is 17.8. The Balaban J connectivity index is 0.953. The van der Waals surface area contributed by atoms with Gasteiger partial charge < -0.3 is 39.9 Å². The first-order chi connectivity index (χ1) is 30.1. The summed E-state index contributed by atoms with van der Waals surface area (Å²) < 4.78 is 12.1. The molecule has 2 saturated heterocycles. The Bertz CT molecular complexity index is 2550. The van der Waals surface area contributed by atoms with E-state index in [4.69, 9.17) is 19.4 Å². The van der Waals surface area contributed by atoms with E-state index in [2.05, 4.69) is 46.6 Å². The Kier molecular flexibility index (Phi) is 11.3. The first kappa shape index (κ1) is 40.9. The number of aryl methyl sites for hydroxylation is 2. The molecule has 6 heterocycles. The number of hydrogen-bond acceptors (Lipinski definition) is 10. The molecule has 2 unspecified atom stereocenters. The summed E-state index contributed by atoms with van der Waals surface area (Å²) in [4.78, 5) is 75.1. The molecule has 4 amide bonds. The van der Waals surface area contributed by atoms with Crippen molar-refractivity contribution in [2.24, 2.45) is 0 Å². The SMILES string of the molecule is COC(=O)NC(C(=O)N1CCC[C@H]1c1ncc(-c2cc3c(C)c4sc(-c5cnc([C@@H]6CCCN6C(=O)C(NC(=O)OC)c6ccccc6)[nH]5)cc4c(C)c3s2)[nH]1)c1ccccc1. The van der Waals surface area contributed by atoms with E-state index in [9.17, 15) is 19.2 Å². The van der Waals surface area contributed by atoms with Gasteiger partial charge in [-0.1, -0.05) is 60.7 Å². The zero-order valence-electron chi connectivity index (χ0n) is 34.7. The number of ether oxygens (including phenoxy) is 2. The van der Waals surface area contributed by atoms with Gasteiger partial charge in [0.05, 0.1) is 59.8 Å². The van der Waals surface area contributed by atoms with Crippen molar-refractivity contribution in [3.8, 4) is 21.1 Å². The fraction of sp³-hybridized carbons (Fsp3) is 0.304. The number of alkyl carbamates (subject to hydrolysis) is 2. The smallest absolute Gasteiger partial charge is 0.407 e. The van der Waals surface area contributed by atoms with Crippen molar-refractivity contribution >= 4 is 66.8 Å². The number of methoxy groups -OCH3 is 2. The first-order valence-electron chi connectivity index (χ1n) is 20.6. The van der Waals surface area contributed by atoms with E-state index in [-0.39, 0.29) is 23.9 Å². The number of amides is 4. The van der Waals surface area contributed by atoms with Crippen LogP contribution in [-0.2, 0) is 19.1 Å². The van der Waals surface area contributed by atoms with Crippen molar-refractivity contribution in [3.05, 3.63) is 119 Å². The number of benzene rings is 3. The summed E-state index contributed by atoms with van der Waals surface area (Å²) in [5.74, 6) is 1.01. The number of carbonyl (C=O) groups is 4. The van der Waals surface area contributed by atoms with Crippen LogP contribution in [-0.4, -0.2) is 81.0 Å². The van der Waals surface area contributed by atoms with E-state index in [1.54, 1.807) is 32.5 Å². The predicted octanol–water partition coefficient (Wildman–Crippen LogP) is 9.03. The van der Waals surface area contributed by atoms with Gasteiger partial charge >= 0.3 is 12.2 Å². The van der Waals surface area contributed by atoms with Crippen LogP contribution in [0.5, 0.6) is 0 Å². The van der Waals surface area contributed by atoms with E-state index < -0.39 is 24.3 Å². The number of imidazole rings is 2. The molecule has 0 bridgehead atoms. The minimum atomic E-state index is -0.887. The Morgan fingerprint density at radius 3 is 1.45 bits per heavy atom. The van der Waals surface area contributed by atoms with E-state index in [0.29, 0.717) is 35.9 Å². The molecule has 4 atom stereocenters. The van der Waals surface area contributed by atoms with E-state index >= 15 is 0 Å². The van der Waals surface area contributed by atoms with Crippen LogP contribution in [0.2, 0.25) is 0 Å². The average Bonchev–Trinajstić information content (AvgIpc) is 4.15. The van der Waals surface area contributed by atoms with Crippen LogP contribution in [0.4, 0.5) is 9.59 Å². The van der Waals surface area contributed by atoms with Crippen molar-refractivity contribution in [1.82, 2.24) is 40.4 Å². The third kappa shape index (κ3) is 7.57. The van der Waals surface area contributed by atoms with Gasteiger partial charge in [0, 0.05) is 22.5 Å². The third-order valence-electron chi connectivity index (χ3n) is 12.0. The lowest BCUT2D eigenvalue weighted by Gasteiger charge is -2.28. The monoisotopic (exact) mass is 870 g/mol. The summed E-state index contributed by atoms with van der Waals surface area (Å²) >= 11 is 3.43. The molecule has 0 radical (unpaired) electrons. The summed E-state index contributed by atoms with van der Waals surface area (Å²) in [6.07, 6.45) is 5.49. The molecule has 3 aromatic carbocycles. The number of hydrogen-bond donors (Lipinski definition) is 4. The third-order valence-corrected chi connectivity index (χ3v) is 14.6. The molecule has 7 aromatic rings. The maximum Gasteiger partial charge on any atom is 0.407 e. The molecule has 2 aliphatic heterocycles. The summed E-state index contributed by atoms with van der Waals surface area (Å²) in [6.45, 7) is 5.43. The van der Waals surface area contributed by atoms with Crippen LogP contribution in [0.25, 0.3) is 41.3 Å². The molecule has 62 heavy (non-hydrogen) atoms. The molecule has 318 valence electrons. The Labute approximate surface area is 365 Å². The minimum absolute atomic E-state index is 0.210. The maximum absolute atomic E-state index is 14.0. The Hall–Kier alpha value is -6.52. The zero-order valence-corrected chi connectivity index (χ0v) is 36.3. The minimum Gasteiger partial charge on any atom is -0.453 e. The predicted molar refractivity (Wildman–Crippen MR) is 239 cm³/mol. The van der Waals surface area contributed by atoms with Gasteiger partial charge in [-0.3, -0.25) is 9.59 Å². The highest BCUT2D eigenvalue weighted by atomic mass is 32.1. The zero-order chi connectivity index (χ0) is 43.1. The number of fused-ring (bicyclic) bond motifs is 2. The number of likely N-dealkylation sites (tertiary alicyclic amines) is 2. The van der Waals surface area contributed by atoms with Gasteiger partial charge in [-0.25, -0.2) is 19.6 Å². The summed E-state index contributed by atoms with van der Waals surface area (Å²) in [6, 6.07) is 20.5. The summed E-state index contributed by atoms with van der Waals surface area (Å²) in [5.41, 5.74) is 5.51. The van der Waals surface area contributed by atoms with Crippen molar-refractivity contribution in [3.63, 3.8) is 0 Å². The fourth-order valence-electron chi connectivity index (χ4n) is 8.85. The molecular weight excluding hydrogens is 825 g/mol. The normalized spacial score (nSPS) is 17.4. The van der Waals surface area contributed by atoms with Crippen molar-refractivity contribution in [2.45, 2.75) is 63.7 Å². The maximum atomic E-state index is 14.0. The largest absolute Gasteiger partial charge is 0.453 e. The van der Waals surface area contributed by atoms with E-state index in [1.165, 1.54) is 45.5 Å². The Morgan fingerprint density at radius 2 is 1.06 bits per heavy atom. The van der Waals surface area contributed by atoms with Gasteiger partial charge in [-0.15, -0.1) is 22.7 Å². The molecule has 0 aliphatic carbocycles. The quantitative estimate of drug-likeness (QED) is 0.105.